The molecule has 0 aliphatic carbocycles. The van der Waals surface area contributed by atoms with Gasteiger partial charge in [-0.25, -0.2) is 13.1 Å². The molecule has 1 saturated heterocycles. The maximum Gasteiger partial charge on any atom is 0.182 e. The number of nitrogen functional groups attached to an aromatic ring is 1. The SMILES string of the molecule is Nc1cc(Br)cc(-c2nnnn2C2CCCS(=O)(=O)C2)c1. The molecule has 1 atom stereocenters. The predicted molar refractivity (Wildman–Crippen MR) is 82.3 cm³/mol. The standard InChI is InChI=1S/C12H14BrN5O2S/c13-9-4-8(5-10(14)6-9)12-15-16-17-18(12)11-2-1-3-21(19,20)7-11/h4-6,11H,1-3,7,14H2. The summed E-state index contributed by atoms with van der Waals surface area (Å²) in [5, 5.41) is 11.7. The van der Waals surface area contributed by atoms with Gasteiger partial charge in [0.1, 0.15) is 0 Å². The van der Waals surface area contributed by atoms with Gasteiger partial charge in [0.2, 0.25) is 0 Å². The lowest BCUT2D eigenvalue weighted by molar-refractivity contribution is 0.429. The molecule has 9 heteroatoms. The largest absolute Gasteiger partial charge is 0.399 e. The molecule has 21 heavy (non-hydrogen) atoms. The van der Waals surface area contributed by atoms with Gasteiger partial charge in [-0.3, -0.25) is 0 Å². The molecule has 0 saturated carbocycles. The third kappa shape index (κ3) is 3.08. The average Bonchev–Trinajstić information content (AvgIpc) is 2.85. The Kier molecular flexibility index (Phi) is 3.70. The van der Waals surface area contributed by atoms with Gasteiger partial charge in [-0.1, -0.05) is 15.9 Å². The summed E-state index contributed by atoms with van der Waals surface area (Å²) in [5.74, 6) is 0.851. The number of nitrogens with two attached hydrogens (primary N) is 1. The Hall–Kier alpha value is -1.48. The van der Waals surface area contributed by atoms with Crippen molar-refractivity contribution in [3.63, 3.8) is 0 Å². The Labute approximate surface area is 130 Å². The normalized spacial score (nSPS) is 21.3. The van der Waals surface area contributed by atoms with E-state index < -0.39 is 9.84 Å². The summed E-state index contributed by atoms with van der Waals surface area (Å²) in [6.45, 7) is 0. The first-order valence-electron chi connectivity index (χ1n) is 6.49. The molecule has 112 valence electrons. The van der Waals surface area contributed by atoms with Crippen LogP contribution in [0, 0.1) is 0 Å². The molecule has 1 unspecified atom stereocenters. The van der Waals surface area contributed by atoms with Crippen molar-refractivity contribution in [2.45, 2.75) is 18.9 Å². The fourth-order valence-electron chi connectivity index (χ4n) is 2.56. The Morgan fingerprint density at radius 3 is 2.86 bits per heavy atom. The highest BCUT2D eigenvalue weighted by Crippen LogP contribution is 2.29. The van der Waals surface area contributed by atoms with Gasteiger partial charge in [0, 0.05) is 15.7 Å². The number of sulfone groups is 1. The van der Waals surface area contributed by atoms with Crippen molar-refractivity contribution in [1.82, 2.24) is 20.2 Å². The number of nitrogens with zero attached hydrogens (tertiary/aromatic N) is 4. The van der Waals surface area contributed by atoms with E-state index in [1.165, 1.54) is 0 Å². The highest BCUT2D eigenvalue weighted by Gasteiger charge is 2.29. The van der Waals surface area contributed by atoms with Crippen molar-refractivity contribution in [3.05, 3.63) is 22.7 Å². The molecule has 1 aliphatic heterocycles. The summed E-state index contributed by atoms with van der Waals surface area (Å²) < 4.78 is 26.0. The number of benzene rings is 1. The summed E-state index contributed by atoms with van der Waals surface area (Å²) in [4.78, 5) is 0. The first kappa shape index (κ1) is 14.5. The van der Waals surface area contributed by atoms with E-state index in [0.29, 0.717) is 17.9 Å². The molecule has 2 N–H and O–H groups in total. The number of aromatic nitrogens is 4. The van der Waals surface area contributed by atoms with E-state index in [-0.39, 0.29) is 17.5 Å². The molecular formula is C12H14BrN5O2S. The molecule has 0 spiro atoms. The van der Waals surface area contributed by atoms with Gasteiger partial charge in [-0.2, -0.15) is 0 Å². The van der Waals surface area contributed by atoms with E-state index in [0.717, 1.165) is 16.5 Å². The quantitative estimate of drug-likeness (QED) is 0.800. The third-order valence-electron chi connectivity index (χ3n) is 3.46. The first-order chi connectivity index (χ1) is 9.94. The van der Waals surface area contributed by atoms with Crippen molar-refractivity contribution in [2.24, 2.45) is 0 Å². The van der Waals surface area contributed by atoms with Crippen molar-refractivity contribution >= 4 is 31.5 Å². The van der Waals surface area contributed by atoms with Gasteiger partial charge in [0.25, 0.3) is 0 Å². The summed E-state index contributed by atoms with van der Waals surface area (Å²) in [7, 11) is -3.02. The minimum absolute atomic E-state index is 0.0779. The first-order valence-corrected chi connectivity index (χ1v) is 9.11. The van der Waals surface area contributed by atoms with Gasteiger partial charge in [0.15, 0.2) is 15.7 Å². The van der Waals surface area contributed by atoms with Crippen LogP contribution in [0.4, 0.5) is 5.69 Å². The highest BCUT2D eigenvalue weighted by atomic mass is 79.9. The van der Waals surface area contributed by atoms with Crippen molar-refractivity contribution in [2.75, 3.05) is 17.2 Å². The van der Waals surface area contributed by atoms with E-state index in [2.05, 4.69) is 31.5 Å². The molecule has 0 radical (unpaired) electrons. The molecule has 3 rings (SSSR count). The summed E-state index contributed by atoms with van der Waals surface area (Å²) >= 11 is 3.38. The summed E-state index contributed by atoms with van der Waals surface area (Å²) in [6, 6.07) is 5.18. The summed E-state index contributed by atoms with van der Waals surface area (Å²) in [5.41, 5.74) is 7.18. The molecular weight excluding hydrogens is 358 g/mol. The Morgan fingerprint density at radius 2 is 2.14 bits per heavy atom. The van der Waals surface area contributed by atoms with Gasteiger partial charge in [-0.05, 0) is 41.5 Å². The molecule has 2 heterocycles. The van der Waals surface area contributed by atoms with Crippen LogP contribution in [-0.4, -0.2) is 40.1 Å². The third-order valence-corrected chi connectivity index (χ3v) is 5.72. The second-order valence-electron chi connectivity index (χ2n) is 5.13. The molecule has 0 amide bonds. The lowest BCUT2D eigenvalue weighted by Crippen LogP contribution is -2.28. The minimum Gasteiger partial charge on any atom is -0.399 e. The molecule has 1 aromatic carbocycles. The van der Waals surface area contributed by atoms with Crippen LogP contribution in [0.2, 0.25) is 0 Å². The van der Waals surface area contributed by atoms with Crippen LogP contribution in [0.15, 0.2) is 22.7 Å². The van der Waals surface area contributed by atoms with E-state index in [1.807, 2.05) is 6.07 Å². The van der Waals surface area contributed by atoms with Crippen LogP contribution in [0.3, 0.4) is 0 Å². The second-order valence-corrected chi connectivity index (χ2v) is 8.28. The number of halogens is 1. The zero-order chi connectivity index (χ0) is 15.0. The number of anilines is 1. The Balaban J connectivity index is 2.01. The van der Waals surface area contributed by atoms with E-state index in [1.54, 1.807) is 16.8 Å². The van der Waals surface area contributed by atoms with Crippen molar-refractivity contribution in [1.29, 1.82) is 0 Å². The van der Waals surface area contributed by atoms with E-state index in [4.69, 9.17) is 5.73 Å². The Morgan fingerprint density at radius 1 is 1.33 bits per heavy atom. The van der Waals surface area contributed by atoms with Gasteiger partial charge in [0.05, 0.1) is 17.5 Å². The summed E-state index contributed by atoms with van der Waals surface area (Å²) in [6.07, 6.45) is 1.38. The fraction of sp³-hybridized carbons (Fsp3) is 0.417. The number of rotatable bonds is 2. The van der Waals surface area contributed by atoms with Gasteiger partial charge < -0.3 is 5.73 Å². The van der Waals surface area contributed by atoms with Crippen LogP contribution < -0.4 is 5.73 Å². The minimum atomic E-state index is -3.02. The predicted octanol–water partition coefficient (Wildman–Crippen LogP) is 1.43. The number of hydrogen-bond acceptors (Lipinski definition) is 6. The smallest absolute Gasteiger partial charge is 0.182 e. The van der Waals surface area contributed by atoms with Crippen LogP contribution in [0.1, 0.15) is 18.9 Å². The van der Waals surface area contributed by atoms with E-state index in [9.17, 15) is 8.42 Å². The molecule has 2 aromatic rings. The highest BCUT2D eigenvalue weighted by molar-refractivity contribution is 9.10. The van der Waals surface area contributed by atoms with Crippen molar-refractivity contribution < 1.29 is 8.42 Å². The molecule has 0 bridgehead atoms. The number of hydrogen-bond donors (Lipinski definition) is 1. The molecule has 7 nitrogen and oxygen atoms in total. The van der Waals surface area contributed by atoms with Crippen molar-refractivity contribution in [3.8, 4) is 11.4 Å². The maximum absolute atomic E-state index is 11.8. The van der Waals surface area contributed by atoms with E-state index >= 15 is 0 Å². The fourth-order valence-corrected chi connectivity index (χ4v) is 4.74. The molecule has 1 fully saturated rings. The monoisotopic (exact) mass is 371 g/mol. The Bertz CT molecular complexity index is 753. The molecule has 1 aliphatic rings. The van der Waals surface area contributed by atoms with Crippen LogP contribution in [0.5, 0.6) is 0 Å². The lowest BCUT2D eigenvalue weighted by atomic mass is 10.1. The topological polar surface area (TPSA) is 104 Å². The molecule has 1 aromatic heterocycles. The van der Waals surface area contributed by atoms with Gasteiger partial charge in [-0.15, -0.1) is 5.10 Å². The average molecular weight is 372 g/mol. The lowest BCUT2D eigenvalue weighted by Gasteiger charge is -2.22. The van der Waals surface area contributed by atoms with Crippen LogP contribution >= 0.6 is 15.9 Å². The zero-order valence-electron chi connectivity index (χ0n) is 11.1. The number of tetrazole rings is 1. The van der Waals surface area contributed by atoms with Gasteiger partial charge >= 0.3 is 0 Å². The van der Waals surface area contributed by atoms with Crippen LogP contribution in [0.25, 0.3) is 11.4 Å². The second kappa shape index (κ2) is 5.38. The zero-order valence-corrected chi connectivity index (χ0v) is 13.5. The maximum atomic E-state index is 11.8. The van der Waals surface area contributed by atoms with Crippen LogP contribution in [-0.2, 0) is 9.84 Å².